The molecule has 3 aromatic carbocycles. The Bertz CT molecular complexity index is 1780. The minimum Gasteiger partial charge on any atom is -0.507 e. The van der Waals surface area contributed by atoms with Crippen LogP contribution in [0.15, 0.2) is 80.7 Å². The molecule has 0 bridgehead atoms. The third kappa shape index (κ3) is 3.32. The predicted molar refractivity (Wildman–Crippen MR) is 131 cm³/mol. The Hall–Kier alpha value is -4.65. The van der Waals surface area contributed by atoms with E-state index in [1.807, 2.05) is 43.3 Å². The summed E-state index contributed by atoms with van der Waals surface area (Å²) in [6, 6.07) is 19.1. The second-order valence-electron chi connectivity index (χ2n) is 8.68. The van der Waals surface area contributed by atoms with Gasteiger partial charge in [-0.3, -0.25) is 14.4 Å². The van der Waals surface area contributed by atoms with Gasteiger partial charge in [-0.2, -0.15) is 0 Å². The number of ether oxygens (including phenoxy) is 1. The lowest BCUT2D eigenvalue weighted by Gasteiger charge is -2.25. The minimum absolute atomic E-state index is 0.0283. The number of H-pyrrole nitrogens is 1. The molecule has 1 aliphatic rings. The number of pyridine rings is 1. The van der Waals surface area contributed by atoms with Crippen LogP contribution in [0.5, 0.6) is 11.5 Å². The molecule has 35 heavy (non-hydrogen) atoms. The van der Waals surface area contributed by atoms with Crippen LogP contribution in [0.25, 0.3) is 33.2 Å². The van der Waals surface area contributed by atoms with Crippen LogP contribution in [0.1, 0.15) is 29.0 Å². The topological polar surface area (TPSA) is 110 Å². The van der Waals surface area contributed by atoms with Gasteiger partial charge < -0.3 is 19.2 Å². The number of hydrogen-bond acceptors (Lipinski definition) is 6. The Morgan fingerprint density at radius 2 is 1.77 bits per heavy atom. The van der Waals surface area contributed by atoms with Gasteiger partial charge in [-0.05, 0) is 23.9 Å². The van der Waals surface area contributed by atoms with Crippen LogP contribution >= 0.6 is 0 Å². The number of phenols is 1. The maximum Gasteiger partial charge on any atom is 0.312 e. The summed E-state index contributed by atoms with van der Waals surface area (Å²) in [4.78, 5) is 41.7. The molecule has 0 spiro atoms. The number of benzene rings is 3. The van der Waals surface area contributed by atoms with E-state index in [2.05, 4.69) is 4.98 Å². The van der Waals surface area contributed by atoms with Crippen molar-refractivity contribution in [3.8, 4) is 22.8 Å². The Labute approximate surface area is 198 Å². The minimum atomic E-state index is -0.739. The number of phenolic OH excluding ortho intramolecular Hbond substituents is 1. The monoisotopic (exact) mass is 465 g/mol. The van der Waals surface area contributed by atoms with Crippen molar-refractivity contribution < 1.29 is 19.1 Å². The van der Waals surface area contributed by atoms with Crippen molar-refractivity contribution in [2.24, 2.45) is 0 Å². The van der Waals surface area contributed by atoms with E-state index < -0.39 is 17.3 Å². The molecule has 1 aliphatic heterocycles. The van der Waals surface area contributed by atoms with Crippen molar-refractivity contribution in [3.63, 3.8) is 0 Å². The van der Waals surface area contributed by atoms with Crippen molar-refractivity contribution in [3.05, 3.63) is 104 Å². The van der Waals surface area contributed by atoms with Gasteiger partial charge in [-0.1, -0.05) is 48.5 Å². The van der Waals surface area contributed by atoms with Gasteiger partial charge in [0, 0.05) is 34.7 Å². The quantitative estimate of drug-likeness (QED) is 0.287. The molecule has 2 N–H and O–H groups in total. The van der Waals surface area contributed by atoms with Gasteiger partial charge in [-0.15, -0.1) is 0 Å². The van der Waals surface area contributed by atoms with Crippen molar-refractivity contribution in [1.29, 1.82) is 0 Å². The summed E-state index contributed by atoms with van der Waals surface area (Å²) in [6.07, 6.45) is -0.118. The molecule has 172 valence electrons. The highest BCUT2D eigenvalue weighted by Crippen LogP contribution is 2.45. The molecule has 3 heterocycles. The molecule has 0 fully saturated rings. The third-order valence-corrected chi connectivity index (χ3v) is 6.48. The highest BCUT2D eigenvalue weighted by Gasteiger charge is 2.35. The maximum atomic E-state index is 13.2. The Balaban J connectivity index is 1.68. The number of hydrogen-bond donors (Lipinski definition) is 2. The fourth-order valence-electron chi connectivity index (χ4n) is 4.83. The molecule has 0 radical (unpaired) electrons. The average molecular weight is 465 g/mol. The van der Waals surface area contributed by atoms with Gasteiger partial charge in [-0.25, -0.2) is 0 Å². The molecule has 0 amide bonds. The van der Waals surface area contributed by atoms with Crippen LogP contribution in [-0.4, -0.2) is 16.1 Å². The van der Waals surface area contributed by atoms with Gasteiger partial charge in [0.05, 0.1) is 11.9 Å². The van der Waals surface area contributed by atoms with Crippen molar-refractivity contribution in [2.75, 3.05) is 0 Å². The van der Waals surface area contributed by atoms with E-state index in [9.17, 15) is 19.5 Å². The highest BCUT2D eigenvalue weighted by atomic mass is 16.5. The molecule has 1 atom stereocenters. The van der Waals surface area contributed by atoms with E-state index in [0.717, 1.165) is 10.9 Å². The van der Waals surface area contributed by atoms with Crippen molar-refractivity contribution in [2.45, 2.75) is 19.3 Å². The third-order valence-electron chi connectivity index (χ3n) is 6.48. The Morgan fingerprint density at radius 3 is 2.57 bits per heavy atom. The zero-order valence-electron chi connectivity index (χ0n) is 18.6. The number of aryl methyl sites for hydroxylation is 1. The molecule has 5 aromatic rings. The Kier molecular flexibility index (Phi) is 4.60. The summed E-state index contributed by atoms with van der Waals surface area (Å²) in [6.45, 7) is 1.90. The van der Waals surface area contributed by atoms with E-state index in [0.29, 0.717) is 28.0 Å². The summed E-state index contributed by atoms with van der Waals surface area (Å²) in [5, 5.41) is 11.4. The smallest absolute Gasteiger partial charge is 0.312 e. The van der Waals surface area contributed by atoms with Crippen LogP contribution in [0.3, 0.4) is 0 Å². The number of carbonyl (C=O) groups excluding carboxylic acids is 1. The molecule has 7 heteroatoms. The Morgan fingerprint density at radius 1 is 0.971 bits per heavy atom. The second kappa shape index (κ2) is 7.70. The predicted octanol–water partition coefficient (Wildman–Crippen LogP) is 4.76. The summed E-state index contributed by atoms with van der Waals surface area (Å²) in [5.41, 5.74) is 2.34. The number of fused-ring (bicyclic) bond motifs is 4. The molecular weight excluding hydrogens is 446 g/mol. The van der Waals surface area contributed by atoms with Gasteiger partial charge in [0.1, 0.15) is 28.2 Å². The molecule has 0 unspecified atom stereocenters. The zero-order valence-corrected chi connectivity index (χ0v) is 18.6. The SMILES string of the molecule is Cc1cccc2cc([C@H]3CC(=O)Oc4cc(O)c5c(=O)cc(-c6ccccc6)oc5c43)c(=O)[nH]c12. The van der Waals surface area contributed by atoms with Crippen LogP contribution in [0, 0.1) is 6.92 Å². The zero-order chi connectivity index (χ0) is 24.3. The van der Waals surface area contributed by atoms with E-state index in [4.69, 9.17) is 9.15 Å². The van der Waals surface area contributed by atoms with Gasteiger partial charge >= 0.3 is 5.97 Å². The molecule has 2 aromatic heterocycles. The lowest BCUT2D eigenvalue weighted by Crippen LogP contribution is -2.26. The molecule has 0 aliphatic carbocycles. The highest BCUT2D eigenvalue weighted by molar-refractivity contribution is 5.93. The molecule has 0 saturated carbocycles. The number of carbonyl (C=O) groups is 1. The van der Waals surface area contributed by atoms with Gasteiger partial charge in [0.2, 0.25) is 0 Å². The summed E-state index contributed by atoms with van der Waals surface area (Å²) < 4.78 is 11.6. The molecular formula is C28H19NO6. The van der Waals surface area contributed by atoms with Crippen LogP contribution < -0.4 is 15.7 Å². The first-order chi connectivity index (χ1) is 16.9. The summed E-state index contributed by atoms with van der Waals surface area (Å²) in [5.74, 6) is -1.28. The first kappa shape index (κ1) is 20.9. The number of nitrogens with one attached hydrogen (secondary N) is 1. The van der Waals surface area contributed by atoms with Gasteiger partial charge in [0.25, 0.3) is 5.56 Å². The largest absolute Gasteiger partial charge is 0.507 e. The van der Waals surface area contributed by atoms with E-state index in [1.54, 1.807) is 18.2 Å². The fourth-order valence-corrected chi connectivity index (χ4v) is 4.83. The van der Waals surface area contributed by atoms with Gasteiger partial charge in [0.15, 0.2) is 5.43 Å². The van der Waals surface area contributed by atoms with Crippen LogP contribution in [0.4, 0.5) is 0 Å². The maximum absolute atomic E-state index is 13.2. The van der Waals surface area contributed by atoms with Crippen molar-refractivity contribution in [1.82, 2.24) is 4.98 Å². The lowest BCUT2D eigenvalue weighted by atomic mass is 9.85. The summed E-state index contributed by atoms with van der Waals surface area (Å²) >= 11 is 0. The number of aromatic amines is 1. The second-order valence-corrected chi connectivity index (χ2v) is 8.68. The first-order valence-corrected chi connectivity index (χ1v) is 11.1. The lowest BCUT2D eigenvalue weighted by molar-refractivity contribution is -0.135. The normalized spacial score (nSPS) is 15.2. The average Bonchev–Trinajstić information content (AvgIpc) is 2.84. The number of para-hydroxylation sites is 1. The molecule has 6 rings (SSSR count). The summed E-state index contributed by atoms with van der Waals surface area (Å²) in [7, 11) is 0. The van der Waals surface area contributed by atoms with Crippen LogP contribution in [0.2, 0.25) is 0 Å². The van der Waals surface area contributed by atoms with E-state index >= 15 is 0 Å². The number of esters is 1. The number of aromatic nitrogens is 1. The first-order valence-electron chi connectivity index (χ1n) is 11.1. The number of rotatable bonds is 2. The van der Waals surface area contributed by atoms with Crippen molar-refractivity contribution >= 4 is 27.8 Å². The molecule has 0 saturated heterocycles. The van der Waals surface area contributed by atoms with Crippen LogP contribution in [-0.2, 0) is 4.79 Å². The van der Waals surface area contributed by atoms with E-state index in [-0.39, 0.29) is 34.4 Å². The fraction of sp³-hybridized carbons (Fsp3) is 0.107. The number of aromatic hydroxyl groups is 1. The molecule has 7 nitrogen and oxygen atoms in total. The van der Waals surface area contributed by atoms with E-state index in [1.165, 1.54) is 12.1 Å². The standard InChI is InChI=1S/C28H19NO6/c1-14-6-5-9-16-10-18(28(33)29-26(14)16)17-11-23(32)34-22-13-20(31)25-19(30)12-21(35-27(25)24(17)22)15-7-3-2-4-8-15/h2-10,12-13,17,31H,11H2,1H3,(H,29,33)/t17-/m1/s1.